The van der Waals surface area contributed by atoms with Gasteiger partial charge in [0.2, 0.25) is 0 Å². The van der Waals surface area contributed by atoms with E-state index < -0.39 is 29.6 Å². The summed E-state index contributed by atoms with van der Waals surface area (Å²) in [5.41, 5.74) is -1.13. The lowest BCUT2D eigenvalue weighted by Gasteiger charge is -2.42. The van der Waals surface area contributed by atoms with Crippen LogP contribution >= 0.6 is 0 Å². The third-order valence-electron chi connectivity index (χ3n) is 4.28. The summed E-state index contributed by atoms with van der Waals surface area (Å²) < 4.78 is 53.2. The van der Waals surface area contributed by atoms with E-state index in [9.17, 15) is 22.8 Å². The Morgan fingerprint density at radius 2 is 1.74 bits per heavy atom. The predicted molar refractivity (Wildman–Crippen MR) is 72.0 cm³/mol. The fourth-order valence-corrected chi connectivity index (χ4v) is 2.94. The van der Waals surface area contributed by atoms with Crippen molar-refractivity contribution in [2.24, 2.45) is 5.92 Å². The van der Waals surface area contributed by atoms with Crippen LogP contribution in [0.5, 0.6) is 0 Å². The molecular formula is C15H17F3O5. The number of carbonyl (C=O) groups is 2. The fourth-order valence-electron chi connectivity index (χ4n) is 2.94. The number of esters is 2. The number of halogens is 3. The van der Waals surface area contributed by atoms with Crippen LogP contribution in [-0.4, -0.2) is 37.9 Å². The maximum Gasteiger partial charge on any atom is 0.391 e. The molecule has 8 heteroatoms. The normalized spacial score (nSPS) is 27.6. The summed E-state index contributed by atoms with van der Waals surface area (Å²) in [5.74, 6) is -2.85. The first-order chi connectivity index (χ1) is 10.7. The number of hydrogen-bond donors (Lipinski definition) is 0. The quantitative estimate of drug-likeness (QED) is 0.727. The highest BCUT2D eigenvalue weighted by Gasteiger charge is 2.50. The molecule has 0 bridgehead atoms. The highest BCUT2D eigenvalue weighted by Crippen LogP contribution is 2.47. The highest BCUT2D eigenvalue weighted by molar-refractivity contribution is 5.98. The molecule has 1 aliphatic carbocycles. The zero-order chi connectivity index (χ0) is 17.3. The van der Waals surface area contributed by atoms with Crippen LogP contribution in [0, 0.1) is 5.92 Å². The van der Waals surface area contributed by atoms with Crippen molar-refractivity contribution in [3.8, 4) is 0 Å². The van der Waals surface area contributed by atoms with Crippen LogP contribution in [0.1, 0.15) is 25.7 Å². The minimum absolute atomic E-state index is 0.0106. The first-order valence-electron chi connectivity index (χ1n) is 7.07. The molecular weight excluding hydrogens is 317 g/mol. The minimum Gasteiger partial charge on any atom is -0.489 e. The van der Waals surface area contributed by atoms with E-state index in [1.54, 1.807) is 0 Å². The molecule has 1 saturated carbocycles. The van der Waals surface area contributed by atoms with Crippen LogP contribution in [0.25, 0.3) is 0 Å². The van der Waals surface area contributed by atoms with Crippen LogP contribution in [0.2, 0.25) is 0 Å². The molecule has 0 unspecified atom stereocenters. The van der Waals surface area contributed by atoms with Crippen LogP contribution in [0.3, 0.4) is 0 Å². The zero-order valence-electron chi connectivity index (χ0n) is 12.7. The van der Waals surface area contributed by atoms with Gasteiger partial charge in [0.15, 0.2) is 0 Å². The van der Waals surface area contributed by atoms with E-state index in [1.165, 1.54) is 13.2 Å². The van der Waals surface area contributed by atoms with E-state index in [1.807, 2.05) is 0 Å². The number of carbonyl (C=O) groups excluding carboxylic acids is 2. The van der Waals surface area contributed by atoms with E-state index in [-0.39, 0.29) is 36.8 Å². The Morgan fingerprint density at radius 3 is 2.22 bits per heavy atom. The van der Waals surface area contributed by atoms with Crippen molar-refractivity contribution < 1.29 is 37.0 Å². The summed E-state index contributed by atoms with van der Waals surface area (Å²) >= 11 is 0. The van der Waals surface area contributed by atoms with E-state index in [2.05, 4.69) is 9.47 Å². The van der Waals surface area contributed by atoms with Crippen molar-refractivity contribution in [3.05, 3.63) is 23.5 Å². The molecule has 0 aromatic heterocycles. The Labute approximate surface area is 131 Å². The van der Waals surface area contributed by atoms with Gasteiger partial charge in [0.1, 0.15) is 5.60 Å². The zero-order valence-corrected chi connectivity index (χ0v) is 12.7. The van der Waals surface area contributed by atoms with Gasteiger partial charge in [-0.2, -0.15) is 13.2 Å². The Morgan fingerprint density at radius 1 is 1.17 bits per heavy atom. The van der Waals surface area contributed by atoms with Crippen molar-refractivity contribution >= 4 is 11.9 Å². The summed E-state index contributed by atoms with van der Waals surface area (Å²) in [6, 6.07) is 0. The summed E-state index contributed by atoms with van der Waals surface area (Å²) in [5, 5.41) is 0. The second-order valence-electron chi connectivity index (χ2n) is 5.54. The molecule has 2 rings (SSSR count). The molecule has 1 aliphatic heterocycles. The largest absolute Gasteiger partial charge is 0.489 e. The lowest BCUT2D eigenvalue weighted by Crippen LogP contribution is -2.44. The summed E-state index contributed by atoms with van der Waals surface area (Å²) in [6.45, 7) is 0. The monoisotopic (exact) mass is 334 g/mol. The van der Waals surface area contributed by atoms with Gasteiger partial charge in [0.05, 0.1) is 37.5 Å². The van der Waals surface area contributed by atoms with Crippen molar-refractivity contribution in [3.63, 3.8) is 0 Å². The standard InChI is InChI=1S/C15H17F3O5/c1-21-12(19)9-7-11(13(20)22-2)14(23-8-9)5-3-10(4-6-14)15(16,17)18/h7-8,10H,3-6H2,1-2H3. The van der Waals surface area contributed by atoms with Gasteiger partial charge in [0, 0.05) is 0 Å². The van der Waals surface area contributed by atoms with Gasteiger partial charge in [-0.15, -0.1) is 0 Å². The number of hydrogen-bond acceptors (Lipinski definition) is 5. The lowest BCUT2D eigenvalue weighted by atomic mass is 9.73. The number of methoxy groups -OCH3 is 2. The average Bonchev–Trinajstić information content (AvgIpc) is 2.53. The van der Waals surface area contributed by atoms with Crippen LogP contribution in [0.15, 0.2) is 23.5 Å². The molecule has 5 nitrogen and oxygen atoms in total. The van der Waals surface area contributed by atoms with Crippen LogP contribution in [-0.2, 0) is 23.8 Å². The molecule has 0 atom stereocenters. The average molecular weight is 334 g/mol. The minimum atomic E-state index is -4.27. The smallest absolute Gasteiger partial charge is 0.391 e. The number of rotatable bonds is 2. The van der Waals surface area contributed by atoms with Crippen LogP contribution < -0.4 is 0 Å². The van der Waals surface area contributed by atoms with Gasteiger partial charge >= 0.3 is 18.1 Å². The molecule has 0 radical (unpaired) electrons. The van der Waals surface area contributed by atoms with Gasteiger partial charge in [-0.3, -0.25) is 0 Å². The molecule has 0 amide bonds. The Kier molecular flexibility index (Phi) is 4.72. The number of ether oxygens (including phenoxy) is 3. The lowest BCUT2D eigenvalue weighted by molar-refractivity contribution is -0.191. The fraction of sp³-hybridized carbons (Fsp3) is 0.600. The molecule has 1 fully saturated rings. The van der Waals surface area contributed by atoms with Crippen molar-refractivity contribution in [2.75, 3.05) is 14.2 Å². The summed E-state index contributed by atoms with van der Waals surface area (Å²) in [7, 11) is 2.34. The molecule has 1 spiro atoms. The third kappa shape index (κ3) is 3.35. The molecule has 0 aromatic carbocycles. The predicted octanol–water partition coefficient (Wildman–Crippen LogP) is 2.66. The second kappa shape index (κ2) is 6.25. The molecule has 0 N–H and O–H groups in total. The summed E-state index contributed by atoms with van der Waals surface area (Å²) in [6.07, 6.45) is -2.13. The Bertz CT molecular complexity index is 554. The SMILES string of the molecule is COC(=O)C1=COC2(CCC(C(F)(F)F)CC2)C(C(=O)OC)=C1. The van der Waals surface area contributed by atoms with Gasteiger partial charge < -0.3 is 14.2 Å². The maximum atomic E-state index is 12.8. The van der Waals surface area contributed by atoms with E-state index in [0.29, 0.717) is 0 Å². The molecule has 128 valence electrons. The highest BCUT2D eigenvalue weighted by atomic mass is 19.4. The van der Waals surface area contributed by atoms with Gasteiger partial charge in [0.25, 0.3) is 0 Å². The van der Waals surface area contributed by atoms with E-state index in [0.717, 1.165) is 13.4 Å². The van der Waals surface area contributed by atoms with Crippen LogP contribution in [0.4, 0.5) is 13.2 Å². The number of alkyl halides is 3. The van der Waals surface area contributed by atoms with Gasteiger partial charge in [-0.25, -0.2) is 9.59 Å². The first kappa shape index (κ1) is 17.4. The summed E-state index contributed by atoms with van der Waals surface area (Å²) in [4.78, 5) is 23.6. The molecule has 23 heavy (non-hydrogen) atoms. The van der Waals surface area contributed by atoms with E-state index >= 15 is 0 Å². The topological polar surface area (TPSA) is 61.8 Å². The van der Waals surface area contributed by atoms with Crippen molar-refractivity contribution in [1.29, 1.82) is 0 Å². The van der Waals surface area contributed by atoms with Gasteiger partial charge in [-0.05, 0) is 31.8 Å². The second-order valence-corrected chi connectivity index (χ2v) is 5.54. The molecule has 0 saturated heterocycles. The van der Waals surface area contributed by atoms with Crippen molar-refractivity contribution in [2.45, 2.75) is 37.5 Å². The third-order valence-corrected chi connectivity index (χ3v) is 4.28. The Balaban J connectivity index is 2.26. The Hall–Kier alpha value is -1.99. The molecule has 2 aliphatic rings. The molecule has 0 aromatic rings. The maximum absolute atomic E-state index is 12.8. The first-order valence-corrected chi connectivity index (χ1v) is 7.07. The van der Waals surface area contributed by atoms with E-state index in [4.69, 9.17) is 4.74 Å². The van der Waals surface area contributed by atoms with Crippen molar-refractivity contribution in [1.82, 2.24) is 0 Å². The molecule has 1 heterocycles. The van der Waals surface area contributed by atoms with Gasteiger partial charge in [-0.1, -0.05) is 0 Å².